The molecule has 0 radical (unpaired) electrons. The lowest BCUT2D eigenvalue weighted by atomic mass is 10.2. The second-order valence-electron chi connectivity index (χ2n) is 5.85. The molecule has 164 valence electrons. The van der Waals surface area contributed by atoms with Crippen LogP contribution in [0, 0.1) is 0 Å². The summed E-state index contributed by atoms with van der Waals surface area (Å²) in [5, 5.41) is 4.96. The first-order valence-electron chi connectivity index (χ1n) is 8.72. The van der Waals surface area contributed by atoms with Gasteiger partial charge in [-0.3, -0.25) is 9.59 Å². The van der Waals surface area contributed by atoms with Gasteiger partial charge >= 0.3 is 6.61 Å². The topological polar surface area (TPSA) is 114 Å². The highest BCUT2D eigenvalue weighted by molar-refractivity contribution is 7.89. The predicted molar refractivity (Wildman–Crippen MR) is 102 cm³/mol. The van der Waals surface area contributed by atoms with E-state index in [-0.39, 0.29) is 42.4 Å². The normalized spacial score (nSPS) is 11.4. The first-order chi connectivity index (χ1) is 13.6. The lowest BCUT2D eigenvalue weighted by Gasteiger charge is -2.15. The predicted octanol–water partition coefficient (Wildman–Crippen LogP) is 0.814. The van der Waals surface area contributed by atoms with Crippen molar-refractivity contribution in [2.45, 2.75) is 20.0 Å². The monoisotopic (exact) mass is 437 g/mol. The smallest absolute Gasteiger partial charge is 0.387 e. The van der Waals surface area contributed by atoms with Gasteiger partial charge in [0.2, 0.25) is 15.9 Å². The lowest BCUT2D eigenvalue weighted by Crippen LogP contribution is -2.38. The van der Waals surface area contributed by atoms with Crippen molar-refractivity contribution in [1.29, 1.82) is 0 Å². The zero-order chi connectivity index (χ0) is 22.0. The number of amides is 2. The summed E-state index contributed by atoms with van der Waals surface area (Å²) in [5.74, 6) is -1.32. The molecule has 1 aromatic rings. The zero-order valence-electron chi connectivity index (χ0n) is 16.4. The summed E-state index contributed by atoms with van der Waals surface area (Å²) in [5.41, 5.74) is 0.0997. The number of hydrogen-bond donors (Lipinski definition) is 2. The number of nitrogens with zero attached hydrogens (tertiary/aromatic N) is 1. The number of alkyl halides is 2. The van der Waals surface area contributed by atoms with Crippen LogP contribution in [0.25, 0.3) is 0 Å². The highest BCUT2D eigenvalue weighted by Gasteiger charge is 2.16. The maximum Gasteiger partial charge on any atom is 0.387 e. The van der Waals surface area contributed by atoms with Gasteiger partial charge < -0.3 is 20.1 Å². The molecule has 0 saturated carbocycles. The third-order valence-electron chi connectivity index (χ3n) is 3.86. The van der Waals surface area contributed by atoms with Crippen LogP contribution in [0.4, 0.5) is 8.78 Å². The summed E-state index contributed by atoms with van der Waals surface area (Å²) in [6.45, 7) is -1.29. The van der Waals surface area contributed by atoms with Gasteiger partial charge in [-0.05, 0) is 31.5 Å². The number of hydrogen-bond acceptors (Lipinski definition) is 6. The molecule has 2 amide bonds. The van der Waals surface area contributed by atoms with Crippen molar-refractivity contribution in [3.05, 3.63) is 23.8 Å². The number of methoxy groups -OCH3 is 1. The summed E-state index contributed by atoms with van der Waals surface area (Å²) >= 11 is 0. The number of carbonyl (C=O) groups excluding carboxylic acids is 2. The molecule has 0 atom stereocenters. The molecule has 9 nitrogen and oxygen atoms in total. The average Bonchev–Trinajstić information content (AvgIpc) is 2.68. The van der Waals surface area contributed by atoms with Gasteiger partial charge in [-0.15, -0.1) is 0 Å². The quantitative estimate of drug-likeness (QED) is 0.468. The van der Waals surface area contributed by atoms with E-state index in [4.69, 9.17) is 4.74 Å². The molecular weight excluding hydrogens is 412 g/mol. The first-order valence-corrected chi connectivity index (χ1v) is 10.3. The third-order valence-corrected chi connectivity index (χ3v) is 5.72. The lowest BCUT2D eigenvalue weighted by molar-refractivity contribution is -0.120. The molecule has 1 rings (SSSR count). The molecule has 0 bridgehead atoms. The molecular formula is C17H25F2N3O6S. The summed E-state index contributed by atoms with van der Waals surface area (Å²) < 4.78 is 58.2. The van der Waals surface area contributed by atoms with Crippen molar-refractivity contribution in [2.75, 3.05) is 39.5 Å². The number of rotatable bonds is 12. The molecule has 0 aliphatic heterocycles. The Morgan fingerprint density at radius 1 is 1.21 bits per heavy atom. The van der Waals surface area contributed by atoms with E-state index in [1.54, 1.807) is 6.92 Å². The van der Waals surface area contributed by atoms with E-state index in [1.807, 2.05) is 0 Å². The maximum absolute atomic E-state index is 12.3. The minimum absolute atomic E-state index is 0.00190. The number of sulfonamides is 1. The Morgan fingerprint density at radius 2 is 1.90 bits per heavy atom. The van der Waals surface area contributed by atoms with Crippen LogP contribution in [0.1, 0.15) is 23.7 Å². The van der Waals surface area contributed by atoms with Crippen LogP contribution in [0.2, 0.25) is 0 Å². The van der Waals surface area contributed by atoms with E-state index in [0.29, 0.717) is 6.42 Å². The second kappa shape index (κ2) is 11.5. The van der Waals surface area contributed by atoms with Crippen molar-refractivity contribution in [3.63, 3.8) is 0 Å². The van der Waals surface area contributed by atoms with Gasteiger partial charge in [0.15, 0.2) is 11.5 Å². The standard InChI is InChI=1S/C17H25F2N3O6S/c1-4-29(25,26)22(2)9-5-8-20-15(23)11-21-16(24)12-6-7-13(28-17(18)19)14(10-12)27-3/h6-7,10,17H,4-5,8-9,11H2,1-3H3,(H,20,23)(H,21,24). The Kier molecular flexibility index (Phi) is 9.75. The Morgan fingerprint density at radius 3 is 2.48 bits per heavy atom. The summed E-state index contributed by atoms with van der Waals surface area (Å²) in [6.07, 6.45) is 0.415. The van der Waals surface area contributed by atoms with Gasteiger partial charge in [0.1, 0.15) is 0 Å². The van der Waals surface area contributed by atoms with E-state index in [1.165, 1.54) is 36.7 Å². The summed E-state index contributed by atoms with van der Waals surface area (Å²) in [4.78, 5) is 23.9. The van der Waals surface area contributed by atoms with Gasteiger partial charge in [-0.2, -0.15) is 8.78 Å². The molecule has 29 heavy (non-hydrogen) atoms. The molecule has 2 N–H and O–H groups in total. The Hall–Kier alpha value is -2.47. The first kappa shape index (κ1) is 24.6. The maximum atomic E-state index is 12.3. The molecule has 12 heteroatoms. The molecule has 0 aromatic heterocycles. The van der Waals surface area contributed by atoms with E-state index in [2.05, 4.69) is 15.4 Å². The molecule has 0 heterocycles. The van der Waals surface area contributed by atoms with Gasteiger partial charge in [-0.25, -0.2) is 12.7 Å². The van der Waals surface area contributed by atoms with Crippen molar-refractivity contribution in [2.24, 2.45) is 0 Å². The summed E-state index contributed by atoms with van der Waals surface area (Å²) in [6, 6.07) is 3.65. The second-order valence-corrected chi connectivity index (χ2v) is 8.22. The number of benzene rings is 1. The molecule has 1 aromatic carbocycles. The Labute approximate surface area is 168 Å². The largest absolute Gasteiger partial charge is 0.493 e. The fraction of sp³-hybridized carbons (Fsp3) is 0.529. The van der Waals surface area contributed by atoms with Crippen LogP contribution in [0.15, 0.2) is 18.2 Å². The molecule has 0 aliphatic rings. The Bertz CT molecular complexity index is 804. The van der Waals surface area contributed by atoms with Crippen molar-refractivity contribution >= 4 is 21.8 Å². The number of nitrogens with one attached hydrogen (secondary N) is 2. The molecule has 0 aliphatic carbocycles. The van der Waals surface area contributed by atoms with E-state index >= 15 is 0 Å². The van der Waals surface area contributed by atoms with E-state index in [0.717, 1.165) is 0 Å². The molecule has 0 fully saturated rings. The molecule has 0 saturated heterocycles. The van der Waals surface area contributed by atoms with Gasteiger partial charge in [0.05, 0.1) is 19.4 Å². The van der Waals surface area contributed by atoms with Crippen LogP contribution in [0.5, 0.6) is 11.5 Å². The number of carbonyl (C=O) groups is 2. The van der Waals surface area contributed by atoms with Crippen LogP contribution in [-0.2, 0) is 14.8 Å². The minimum Gasteiger partial charge on any atom is -0.493 e. The van der Waals surface area contributed by atoms with Crippen LogP contribution in [-0.4, -0.2) is 70.7 Å². The number of halogens is 2. The fourth-order valence-corrected chi connectivity index (χ4v) is 3.06. The van der Waals surface area contributed by atoms with Crippen molar-refractivity contribution in [3.8, 4) is 11.5 Å². The van der Waals surface area contributed by atoms with E-state index < -0.39 is 28.4 Å². The van der Waals surface area contributed by atoms with E-state index in [9.17, 15) is 26.8 Å². The SMILES string of the molecule is CCS(=O)(=O)N(C)CCCNC(=O)CNC(=O)c1ccc(OC(F)F)c(OC)c1. The average molecular weight is 437 g/mol. The molecule has 0 unspecified atom stereocenters. The van der Waals surface area contributed by atoms with Crippen LogP contribution >= 0.6 is 0 Å². The minimum atomic E-state index is -3.26. The summed E-state index contributed by atoms with van der Waals surface area (Å²) in [7, 11) is -0.557. The van der Waals surface area contributed by atoms with Crippen LogP contribution in [0.3, 0.4) is 0 Å². The molecule has 0 spiro atoms. The highest BCUT2D eigenvalue weighted by atomic mass is 32.2. The van der Waals surface area contributed by atoms with Gasteiger partial charge in [0.25, 0.3) is 5.91 Å². The van der Waals surface area contributed by atoms with Crippen molar-refractivity contribution < 1.29 is 36.3 Å². The van der Waals surface area contributed by atoms with Crippen LogP contribution < -0.4 is 20.1 Å². The zero-order valence-corrected chi connectivity index (χ0v) is 17.2. The highest BCUT2D eigenvalue weighted by Crippen LogP contribution is 2.29. The number of ether oxygens (including phenoxy) is 2. The Balaban J connectivity index is 2.45. The van der Waals surface area contributed by atoms with Crippen molar-refractivity contribution in [1.82, 2.24) is 14.9 Å². The van der Waals surface area contributed by atoms with Gasteiger partial charge in [-0.1, -0.05) is 0 Å². The van der Waals surface area contributed by atoms with Gasteiger partial charge in [0, 0.05) is 25.7 Å². The third kappa shape index (κ3) is 8.20. The fourth-order valence-electron chi connectivity index (χ4n) is 2.22.